The first-order valence-electron chi connectivity index (χ1n) is 4.95. The smallest absolute Gasteiger partial charge is 0.346 e. The molecule has 1 aliphatic heterocycles. The predicted octanol–water partition coefficient (Wildman–Crippen LogP) is 1.32. The van der Waals surface area contributed by atoms with Gasteiger partial charge in [0.25, 0.3) is 0 Å². The van der Waals surface area contributed by atoms with E-state index in [1.807, 2.05) is 0 Å². The summed E-state index contributed by atoms with van der Waals surface area (Å²) < 4.78 is 5.25. The molecule has 0 bridgehead atoms. The van der Waals surface area contributed by atoms with Crippen molar-refractivity contribution in [2.75, 3.05) is 6.61 Å². The van der Waals surface area contributed by atoms with Crippen molar-refractivity contribution in [2.45, 2.75) is 6.42 Å². The van der Waals surface area contributed by atoms with Crippen LogP contribution in [-0.4, -0.2) is 22.8 Å². The Morgan fingerprint density at radius 3 is 2.94 bits per heavy atom. The van der Waals surface area contributed by atoms with E-state index in [2.05, 4.69) is 0 Å². The van der Waals surface area contributed by atoms with E-state index >= 15 is 0 Å². The molecule has 2 N–H and O–H groups in total. The highest BCUT2D eigenvalue weighted by Gasteiger charge is 2.16. The number of rotatable bonds is 2. The molecule has 1 aromatic carbocycles. The summed E-state index contributed by atoms with van der Waals surface area (Å²) in [6.45, 7) is 0.548. The van der Waals surface area contributed by atoms with Gasteiger partial charge in [-0.2, -0.15) is 5.26 Å². The molecule has 2 rings (SSSR count). The van der Waals surface area contributed by atoms with Gasteiger partial charge in [0.1, 0.15) is 23.1 Å². The zero-order valence-electron chi connectivity index (χ0n) is 8.80. The van der Waals surface area contributed by atoms with E-state index in [4.69, 9.17) is 15.1 Å². The van der Waals surface area contributed by atoms with E-state index in [9.17, 15) is 9.90 Å². The number of aliphatic carboxylic acids is 1. The lowest BCUT2D eigenvalue weighted by Crippen LogP contribution is -1.97. The number of carbonyl (C=O) groups is 1. The normalized spacial score (nSPS) is 13.7. The van der Waals surface area contributed by atoms with Crippen molar-refractivity contribution in [2.24, 2.45) is 0 Å². The fourth-order valence-electron chi connectivity index (χ4n) is 1.65. The maximum atomic E-state index is 10.7. The minimum Gasteiger partial charge on any atom is -0.507 e. The molecule has 0 saturated carbocycles. The third-order valence-electron chi connectivity index (χ3n) is 2.49. The van der Waals surface area contributed by atoms with Crippen molar-refractivity contribution in [1.29, 1.82) is 5.26 Å². The first-order valence-corrected chi connectivity index (χ1v) is 4.95. The van der Waals surface area contributed by atoms with Crippen LogP contribution in [0.4, 0.5) is 0 Å². The molecule has 0 spiro atoms. The SMILES string of the molecule is N#C/C(=C\c1cc2c(cc1O)OCC2)C(=O)O. The number of carboxylic acid groups (broad SMARTS) is 1. The van der Waals surface area contributed by atoms with Gasteiger partial charge in [-0.15, -0.1) is 0 Å². The zero-order valence-corrected chi connectivity index (χ0v) is 8.80. The Hall–Kier alpha value is -2.48. The van der Waals surface area contributed by atoms with Gasteiger partial charge >= 0.3 is 5.97 Å². The zero-order chi connectivity index (χ0) is 12.4. The first-order chi connectivity index (χ1) is 8.11. The second kappa shape index (κ2) is 4.18. The molecule has 0 radical (unpaired) electrons. The molecule has 0 atom stereocenters. The molecule has 5 nitrogen and oxygen atoms in total. The number of hydrogen-bond donors (Lipinski definition) is 2. The number of fused-ring (bicyclic) bond motifs is 1. The maximum absolute atomic E-state index is 10.7. The lowest BCUT2D eigenvalue weighted by atomic mass is 10.1. The van der Waals surface area contributed by atoms with Crippen LogP contribution in [0.1, 0.15) is 11.1 Å². The van der Waals surface area contributed by atoms with E-state index in [-0.39, 0.29) is 5.75 Å². The van der Waals surface area contributed by atoms with Gasteiger partial charge in [0.05, 0.1) is 6.61 Å². The number of benzene rings is 1. The molecule has 17 heavy (non-hydrogen) atoms. The molecular formula is C12H9NO4. The molecule has 0 aromatic heterocycles. The molecule has 0 amide bonds. The highest BCUT2D eigenvalue weighted by molar-refractivity contribution is 5.96. The van der Waals surface area contributed by atoms with Gasteiger partial charge < -0.3 is 14.9 Å². The van der Waals surface area contributed by atoms with Gasteiger partial charge in [-0.3, -0.25) is 0 Å². The number of carboxylic acids is 1. The Morgan fingerprint density at radius 2 is 2.29 bits per heavy atom. The van der Waals surface area contributed by atoms with Crippen LogP contribution in [-0.2, 0) is 11.2 Å². The Kier molecular flexibility index (Phi) is 2.71. The largest absolute Gasteiger partial charge is 0.507 e. The van der Waals surface area contributed by atoms with E-state index in [1.54, 1.807) is 12.1 Å². The molecule has 0 fully saturated rings. The molecule has 86 valence electrons. The highest BCUT2D eigenvalue weighted by atomic mass is 16.5. The minimum atomic E-state index is -1.32. The van der Waals surface area contributed by atoms with Gasteiger partial charge in [0, 0.05) is 18.1 Å². The number of aromatic hydroxyl groups is 1. The molecule has 1 aromatic rings. The van der Waals surface area contributed by atoms with Crippen LogP contribution >= 0.6 is 0 Å². The Balaban J connectivity index is 2.47. The molecule has 1 aliphatic rings. The Morgan fingerprint density at radius 1 is 1.53 bits per heavy atom. The van der Waals surface area contributed by atoms with Crippen LogP contribution < -0.4 is 4.74 Å². The number of phenols is 1. The van der Waals surface area contributed by atoms with Gasteiger partial charge in [-0.1, -0.05) is 0 Å². The van der Waals surface area contributed by atoms with E-state index in [0.717, 1.165) is 11.6 Å². The number of nitriles is 1. The number of nitrogens with zero attached hydrogens (tertiary/aromatic N) is 1. The number of phenolic OH excluding ortho intramolecular Hbond substituents is 1. The van der Waals surface area contributed by atoms with Crippen molar-refractivity contribution < 1.29 is 19.7 Å². The van der Waals surface area contributed by atoms with Gasteiger partial charge in [0.15, 0.2) is 0 Å². The molecule has 0 aliphatic carbocycles. The quantitative estimate of drug-likeness (QED) is 0.591. The van der Waals surface area contributed by atoms with Gasteiger partial charge in [-0.05, 0) is 17.7 Å². The molecule has 5 heteroatoms. The average molecular weight is 231 g/mol. The third-order valence-corrected chi connectivity index (χ3v) is 2.49. The predicted molar refractivity (Wildman–Crippen MR) is 58.5 cm³/mol. The molecular weight excluding hydrogens is 222 g/mol. The van der Waals surface area contributed by atoms with E-state index < -0.39 is 11.5 Å². The van der Waals surface area contributed by atoms with Gasteiger partial charge in [0.2, 0.25) is 0 Å². The highest BCUT2D eigenvalue weighted by Crippen LogP contribution is 2.33. The molecule has 1 heterocycles. The van der Waals surface area contributed by atoms with Crippen LogP contribution in [0.2, 0.25) is 0 Å². The summed E-state index contributed by atoms with van der Waals surface area (Å²) in [4.78, 5) is 10.7. The summed E-state index contributed by atoms with van der Waals surface area (Å²) in [5.41, 5.74) is 0.795. The second-order valence-corrected chi connectivity index (χ2v) is 3.59. The first kappa shape index (κ1) is 11.0. The van der Waals surface area contributed by atoms with E-state index in [1.165, 1.54) is 6.07 Å². The van der Waals surface area contributed by atoms with Crippen LogP contribution in [0.15, 0.2) is 17.7 Å². The second-order valence-electron chi connectivity index (χ2n) is 3.59. The minimum absolute atomic E-state index is 0.0975. The summed E-state index contributed by atoms with van der Waals surface area (Å²) in [6, 6.07) is 4.64. The van der Waals surface area contributed by atoms with Crippen LogP contribution in [0, 0.1) is 11.3 Å². The fraction of sp³-hybridized carbons (Fsp3) is 0.167. The average Bonchev–Trinajstić information content (AvgIpc) is 2.72. The van der Waals surface area contributed by atoms with E-state index in [0.29, 0.717) is 24.3 Å². The van der Waals surface area contributed by atoms with Crippen molar-refractivity contribution in [3.63, 3.8) is 0 Å². The van der Waals surface area contributed by atoms with Gasteiger partial charge in [-0.25, -0.2) is 4.79 Å². The standard InChI is InChI=1S/C12H9NO4/c13-6-9(12(15)16)4-8-3-7-1-2-17-11(7)5-10(8)14/h3-5,14H,1-2H2,(H,15,16)/b9-4+. The third kappa shape index (κ3) is 2.06. The van der Waals surface area contributed by atoms with Crippen molar-refractivity contribution in [1.82, 2.24) is 0 Å². The Bertz CT molecular complexity index is 554. The Labute approximate surface area is 97.2 Å². The topological polar surface area (TPSA) is 90.5 Å². The molecule has 0 saturated heterocycles. The molecule has 0 unspecified atom stereocenters. The monoisotopic (exact) mass is 231 g/mol. The summed E-state index contributed by atoms with van der Waals surface area (Å²) in [5.74, 6) is -0.809. The van der Waals surface area contributed by atoms with Crippen LogP contribution in [0.3, 0.4) is 0 Å². The summed E-state index contributed by atoms with van der Waals surface area (Å²) in [7, 11) is 0. The van der Waals surface area contributed by atoms with Crippen molar-refractivity contribution in [3.05, 3.63) is 28.8 Å². The van der Waals surface area contributed by atoms with Crippen LogP contribution in [0.25, 0.3) is 6.08 Å². The lowest BCUT2D eigenvalue weighted by Gasteiger charge is -2.03. The number of ether oxygens (including phenoxy) is 1. The summed E-state index contributed by atoms with van der Waals surface area (Å²) >= 11 is 0. The lowest BCUT2D eigenvalue weighted by molar-refractivity contribution is -0.132. The van der Waals surface area contributed by atoms with Crippen molar-refractivity contribution >= 4 is 12.0 Å². The van der Waals surface area contributed by atoms with Crippen molar-refractivity contribution in [3.8, 4) is 17.6 Å². The summed E-state index contributed by atoms with van der Waals surface area (Å²) in [5, 5.41) is 27.0. The van der Waals surface area contributed by atoms with Crippen LogP contribution in [0.5, 0.6) is 11.5 Å². The number of hydrogen-bond acceptors (Lipinski definition) is 4. The maximum Gasteiger partial charge on any atom is 0.346 e. The summed E-state index contributed by atoms with van der Waals surface area (Å²) in [6.07, 6.45) is 1.86. The fourth-order valence-corrected chi connectivity index (χ4v) is 1.65.